The number of nitrogens with one attached hydrogen (secondary N) is 1. The van der Waals surface area contributed by atoms with E-state index in [4.69, 9.17) is 32.9 Å². The Bertz CT molecular complexity index is 927. The Labute approximate surface area is 215 Å². The lowest BCUT2D eigenvalue weighted by atomic mass is 10.1. The van der Waals surface area contributed by atoms with Crippen molar-refractivity contribution in [3.63, 3.8) is 0 Å². The van der Waals surface area contributed by atoms with Gasteiger partial charge in [-0.25, -0.2) is 4.39 Å². The maximum Gasteiger partial charge on any atom is 0.185 e. The van der Waals surface area contributed by atoms with Gasteiger partial charge in [0, 0.05) is 12.3 Å². The molecule has 0 atom stereocenters. The Morgan fingerprint density at radius 1 is 1.26 bits per heavy atom. The highest BCUT2D eigenvalue weighted by Gasteiger charge is 2.06. The quantitative estimate of drug-likeness (QED) is 0.189. The molecule has 196 valence electrons. The SMILES string of the molecule is C=C/C(=C\C)c1ccc(ONO)c(F)c1.CC.CC.CC(C)CO.Cc1c(N)ccc(C#N)c1Cl. The summed E-state index contributed by atoms with van der Waals surface area (Å²) < 4.78 is 13.3. The summed E-state index contributed by atoms with van der Waals surface area (Å²) in [7, 11) is 0. The van der Waals surface area contributed by atoms with Crippen molar-refractivity contribution in [2.24, 2.45) is 5.92 Å². The van der Waals surface area contributed by atoms with Crippen LogP contribution < -0.4 is 16.2 Å². The topological polar surface area (TPSA) is 112 Å². The zero-order valence-electron chi connectivity index (χ0n) is 22.1. The predicted octanol–water partition coefficient (Wildman–Crippen LogP) is 7.48. The molecule has 0 amide bonds. The largest absolute Gasteiger partial charge is 0.398 e. The number of hydrogen-bond acceptors (Lipinski definition) is 6. The van der Waals surface area contributed by atoms with Crippen molar-refractivity contribution >= 4 is 22.9 Å². The van der Waals surface area contributed by atoms with Crippen molar-refractivity contribution in [1.29, 1.82) is 5.26 Å². The van der Waals surface area contributed by atoms with Crippen LogP contribution in [-0.2, 0) is 0 Å². The zero-order valence-corrected chi connectivity index (χ0v) is 22.9. The maximum absolute atomic E-state index is 13.3. The van der Waals surface area contributed by atoms with Gasteiger partial charge in [-0.15, -0.1) is 0 Å². The van der Waals surface area contributed by atoms with Gasteiger partial charge in [-0.2, -0.15) is 5.26 Å². The van der Waals surface area contributed by atoms with E-state index in [0.29, 0.717) is 34.4 Å². The lowest BCUT2D eigenvalue weighted by molar-refractivity contribution is -0.0460. The third kappa shape index (κ3) is 14.9. The Balaban J connectivity index is -0.000000449. The lowest BCUT2D eigenvalue weighted by Crippen LogP contribution is -2.13. The summed E-state index contributed by atoms with van der Waals surface area (Å²) in [5.74, 6) is -0.189. The molecule has 0 radical (unpaired) electrons. The summed E-state index contributed by atoms with van der Waals surface area (Å²) in [5, 5.41) is 25.4. The molecule has 2 aromatic rings. The van der Waals surface area contributed by atoms with E-state index < -0.39 is 5.82 Å². The number of rotatable bonds is 5. The van der Waals surface area contributed by atoms with E-state index in [1.165, 1.54) is 17.8 Å². The minimum Gasteiger partial charge on any atom is -0.398 e. The minimum atomic E-state index is -0.560. The van der Waals surface area contributed by atoms with Gasteiger partial charge >= 0.3 is 0 Å². The second-order valence-electron chi connectivity index (χ2n) is 6.62. The van der Waals surface area contributed by atoms with Crippen molar-refractivity contribution in [3.8, 4) is 11.8 Å². The average Bonchev–Trinajstić information content (AvgIpc) is 2.88. The first kappa shape index (κ1) is 36.7. The van der Waals surface area contributed by atoms with Gasteiger partial charge in [-0.3, -0.25) is 5.21 Å². The first-order valence-electron chi connectivity index (χ1n) is 11.4. The highest BCUT2D eigenvalue weighted by Crippen LogP contribution is 2.24. The fourth-order valence-electron chi connectivity index (χ4n) is 2.00. The first-order chi connectivity index (χ1) is 16.7. The lowest BCUT2D eigenvalue weighted by Gasteiger charge is -2.06. The summed E-state index contributed by atoms with van der Waals surface area (Å²) in [4.78, 5) is 4.42. The minimum absolute atomic E-state index is 0.0687. The second-order valence-corrected chi connectivity index (χ2v) is 6.99. The summed E-state index contributed by atoms with van der Waals surface area (Å²) >= 11 is 5.80. The molecule has 0 bridgehead atoms. The molecule has 0 aliphatic rings. The van der Waals surface area contributed by atoms with Crippen LogP contribution >= 0.6 is 11.6 Å². The smallest absolute Gasteiger partial charge is 0.185 e. The molecule has 8 heteroatoms. The van der Waals surface area contributed by atoms with Gasteiger partial charge in [0.1, 0.15) is 6.07 Å². The molecule has 0 unspecified atom stereocenters. The molecule has 2 rings (SSSR count). The summed E-state index contributed by atoms with van der Waals surface area (Å²) in [6.07, 6.45) is 3.46. The van der Waals surface area contributed by atoms with E-state index in [2.05, 4.69) is 11.4 Å². The molecule has 2 aromatic carbocycles. The molecular formula is C27H41ClFN3O3. The van der Waals surface area contributed by atoms with E-state index >= 15 is 0 Å². The van der Waals surface area contributed by atoms with Crippen LogP contribution in [0.15, 0.2) is 49.1 Å². The number of nitriles is 1. The number of nitrogens with two attached hydrogens (primary N) is 1. The Morgan fingerprint density at radius 2 is 1.80 bits per heavy atom. The number of benzene rings is 2. The van der Waals surface area contributed by atoms with Crippen LogP contribution in [0.5, 0.6) is 5.75 Å². The predicted molar refractivity (Wildman–Crippen MR) is 146 cm³/mol. The van der Waals surface area contributed by atoms with Gasteiger partial charge in [-0.1, -0.05) is 77.9 Å². The normalized spacial score (nSPS) is 9.43. The van der Waals surface area contributed by atoms with Crippen molar-refractivity contribution in [2.75, 3.05) is 12.3 Å². The number of nitrogen functional groups attached to an aromatic ring is 1. The zero-order chi connectivity index (χ0) is 28.0. The molecule has 0 saturated carbocycles. The number of nitrogens with zero attached hydrogens (tertiary/aromatic N) is 1. The summed E-state index contributed by atoms with van der Waals surface area (Å²) in [6, 6.07) is 9.67. The average molecular weight is 510 g/mol. The monoisotopic (exact) mass is 509 g/mol. The Morgan fingerprint density at radius 3 is 2.17 bits per heavy atom. The van der Waals surface area contributed by atoms with Crippen LogP contribution in [0.1, 0.15) is 65.2 Å². The number of hydrogen-bond donors (Lipinski definition) is 4. The Kier molecular flexibility index (Phi) is 24.0. The number of allylic oxidation sites excluding steroid dienone is 3. The van der Waals surface area contributed by atoms with Crippen LogP contribution in [-0.4, -0.2) is 16.9 Å². The van der Waals surface area contributed by atoms with Crippen LogP contribution in [0.3, 0.4) is 0 Å². The molecule has 0 heterocycles. The van der Waals surface area contributed by atoms with Gasteiger partial charge in [0.25, 0.3) is 0 Å². The molecule has 35 heavy (non-hydrogen) atoms. The van der Waals surface area contributed by atoms with E-state index in [1.807, 2.05) is 60.6 Å². The molecular weight excluding hydrogens is 469 g/mol. The van der Waals surface area contributed by atoms with E-state index in [0.717, 1.165) is 11.1 Å². The van der Waals surface area contributed by atoms with Gasteiger partial charge in [0.2, 0.25) is 0 Å². The molecule has 0 spiro atoms. The first-order valence-corrected chi connectivity index (χ1v) is 11.7. The van der Waals surface area contributed by atoms with Crippen molar-refractivity contribution in [2.45, 2.75) is 55.4 Å². The highest BCUT2D eigenvalue weighted by molar-refractivity contribution is 6.32. The highest BCUT2D eigenvalue weighted by atomic mass is 35.5. The van der Waals surface area contributed by atoms with Gasteiger partial charge in [0.15, 0.2) is 11.6 Å². The summed E-state index contributed by atoms with van der Waals surface area (Å²) in [6.45, 7) is 19.5. The maximum atomic E-state index is 13.3. The summed E-state index contributed by atoms with van der Waals surface area (Å²) in [5.41, 5.74) is 10.4. The molecule has 0 aliphatic carbocycles. The number of aliphatic hydroxyl groups excluding tert-OH is 1. The second kappa shape index (κ2) is 22.9. The van der Waals surface area contributed by atoms with Crippen molar-refractivity contribution < 1.29 is 19.5 Å². The third-order valence-electron chi connectivity index (χ3n) is 3.87. The number of anilines is 1. The molecule has 0 aliphatic heterocycles. The van der Waals surface area contributed by atoms with Crippen molar-refractivity contribution in [3.05, 3.63) is 76.6 Å². The van der Waals surface area contributed by atoms with Crippen molar-refractivity contribution in [1.82, 2.24) is 5.64 Å². The van der Waals surface area contributed by atoms with Gasteiger partial charge < -0.3 is 15.7 Å². The van der Waals surface area contributed by atoms with Gasteiger partial charge in [-0.05, 0) is 66.4 Å². The fourth-order valence-corrected chi connectivity index (χ4v) is 2.22. The van der Waals surface area contributed by atoms with E-state index in [-0.39, 0.29) is 5.75 Å². The van der Waals surface area contributed by atoms with E-state index in [9.17, 15) is 4.39 Å². The number of aliphatic hydroxyl groups is 1. The molecule has 6 nitrogen and oxygen atoms in total. The third-order valence-corrected chi connectivity index (χ3v) is 4.35. The molecule has 0 aromatic heterocycles. The standard InChI is InChI=1S/C11H12FNO2.C8H7ClN2.C4H10O.2C2H6/c1-3-8(4-2)9-5-6-11(15-13-14)10(12)7-9;1-5-7(11)3-2-6(4-10)8(5)9;1-4(2)3-5;2*1-2/h3-7,13-14H,1H2,2H3;2-3H,11H2,1H3;4-5H,3H2,1-2H3;2*1-2H3/b8-4+;;;;. The van der Waals surface area contributed by atoms with Crippen LogP contribution in [0.2, 0.25) is 5.02 Å². The van der Waals surface area contributed by atoms with Crippen LogP contribution in [0, 0.1) is 30.0 Å². The number of halogens is 2. The molecule has 0 fully saturated rings. The van der Waals surface area contributed by atoms with Gasteiger partial charge in [0.05, 0.1) is 10.6 Å². The molecule has 0 saturated heterocycles. The van der Waals surface area contributed by atoms with Crippen LogP contribution in [0.25, 0.3) is 5.57 Å². The molecule has 5 N–H and O–H groups in total. The van der Waals surface area contributed by atoms with Crippen LogP contribution in [0.4, 0.5) is 10.1 Å². The Hall–Kier alpha value is -2.89. The fraction of sp³-hybridized carbons (Fsp3) is 0.370. The van der Waals surface area contributed by atoms with E-state index in [1.54, 1.807) is 31.2 Å².